The maximum absolute atomic E-state index is 11.5. The van der Waals surface area contributed by atoms with Gasteiger partial charge in [0.05, 0.1) is 16.2 Å². The van der Waals surface area contributed by atoms with Crippen molar-refractivity contribution >= 4 is 51.3 Å². The van der Waals surface area contributed by atoms with Crippen molar-refractivity contribution in [3.8, 4) is 11.1 Å². The second-order valence-corrected chi connectivity index (χ2v) is 5.93. The molecule has 4 rings (SSSR count). The molecule has 0 saturated heterocycles. The number of halogens is 2. The number of carbonyl (C=O) groups is 1. The van der Waals surface area contributed by atoms with Crippen molar-refractivity contribution in [3.05, 3.63) is 58.3 Å². The fraction of sp³-hybridized carbons (Fsp3) is 0. The number of aromatic nitrogens is 2. The second kappa shape index (κ2) is 4.90. The molecule has 0 aliphatic rings. The van der Waals surface area contributed by atoms with E-state index in [2.05, 4.69) is 9.97 Å². The van der Waals surface area contributed by atoms with E-state index < -0.39 is 0 Å². The van der Waals surface area contributed by atoms with Gasteiger partial charge in [-0.25, -0.2) is 0 Å². The minimum absolute atomic E-state index is 0.540. The van der Waals surface area contributed by atoms with Crippen LogP contribution in [-0.4, -0.2) is 16.3 Å². The smallest absolute Gasteiger partial charge is 0.166 e. The van der Waals surface area contributed by atoms with E-state index in [0.29, 0.717) is 15.7 Å². The monoisotopic (exact) mass is 328 g/mol. The van der Waals surface area contributed by atoms with Crippen molar-refractivity contribution in [1.82, 2.24) is 9.97 Å². The normalized spacial score (nSPS) is 11.4. The van der Waals surface area contributed by atoms with Gasteiger partial charge in [-0.05, 0) is 18.2 Å². The summed E-state index contributed by atoms with van der Waals surface area (Å²) in [5.74, 6) is 0. The SMILES string of the molecule is O=Cc1[nH]c2ccccc2c1-c1c[nH]c2c(Cl)cc(Cl)cc12. The maximum Gasteiger partial charge on any atom is 0.166 e. The zero-order valence-electron chi connectivity index (χ0n) is 11.3. The molecule has 0 fully saturated rings. The lowest BCUT2D eigenvalue weighted by Gasteiger charge is -2.01. The highest BCUT2D eigenvalue weighted by atomic mass is 35.5. The van der Waals surface area contributed by atoms with Crippen LogP contribution in [0.1, 0.15) is 10.5 Å². The first-order chi connectivity index (χ1) is 10.7. The zero-order chi connectivity index (χ0) is 15.3. The Bertz CT molecular complexity index is 1030. The molecule has 0 aliphatic carbocycles. The van der Waals surface area contributed by atoms with E-state index in [1.54, 1.807) is 6.07 Å². The first kappa shape index (κ1) is 13.4. The molecule has 0 unspecified atom stereocenters. The predicted octanol–water partition coefficient (Wildman–Crippen LogP) is 5.44. The van der Waals surface area contributed by atoms with Gasteiger partial charge in [0, 0.05) is 38.6 Å². The van der Waals surface area contributed by atoms with Gasteiger partial charge in [-0.15, -0.1) is 0 Å². The molecule has 3 nitrogen and oxygen atoms in total. The van der Waals surface area contributed by atoms with Crippen LogP contribution in [-0.2, 0) is 0 Å². The minimum Gasteiger partial charge on any atom is -0.359 e. The maximum atomic E-state index is 11.5. The van der Waals surface area contributed by atoms with Crippen LogP contribution >= 0.6 is 23.2 Å². The largest absolute Gasteiger partial charge is 0.359 e. The van der Waals surface area contributed by atoms with E-state index in [1.165, 1.54) is 0 Å². The summed E-state index contributed by atoms with van der Waals surface area (Å²) >= 11 is 12.4. The highest BCUT2D eigenvalue weighted by molar-refractivity contribution is 6.39. The average molecular weight is 329 g/mol. The molecule has 5 heteroatoms. The Morgan fingerprint density at radius 2 is 1.86 bits per heavy atom. The molecule has 108 valence electrons. The van der Waals surface area contributed by atoms with Crippen molar-refractivity contribution in [2.75, 3.05) is 0 Å². The van der Waals surface area contributed by atoms with Gasteiger partial charge in [-0.3, -0.25) is 4.79 Å². The van der Waals surface area contributed by atoms with Crippen molar-refractivity contribution in [1.29, 1.82) is 0 Å². The van der Waals surface area contributed by atoms with Gasteiger partial charge in [-0.2, -0.15) is 0 Å². The van der Waals surface area contributed by atoms with Gasteiger partial charge in [-0.1, -0.05) is 41.4 Å². The number of hydrogen-bond acceptors (Lipinski definition) is 1. The van der Waals surface area contributed by atoms with Crippen LogP contribution in [0.2, 0.25) is 10.0 Å². The summed E-state index contributed by atoms with van der Waals surface area (Å²) in [4.78, 5) is 17.8. The van der Waals surface area contributed by atoms with Gasteiger partial charge in [0.1, 0.15) is 0 Å². The Balaban J connectivity index is 2.14. The number of carbonyl (C=O) groups excluding carboxylic acids is 1. The molecule has 22 heavy (non-hydrogen) atoms. The third-order valence-corrected chi connectivity index (χ3v) is 4.34. The van der Waals surface area contributed by atoms with Crippen LogP contribution in [0.25, 0.3) is 32.9 Å². The van der Waals surface area contributed by atoms with Crippen molar-refractivity contribution in [3.63, 3.8) is 0 Å². The number of hydrogen-bond donors (Lipinski definition) is 2. The molecule has 0 aliphatic heterocycles. The van der Waals surface area contributed by atoms with Crippen LogP contribution in [0, 0.1) is 0 Å². The molecule has 2 aromatic carbocycles. The molecule has 4 aromatic rings. The number of benzene rings is 2. The first-order valence-corrected chi connectivity index (χ1v) is 7.47. The van der Waals surface area contributed by atoms with E-state index in [-0.39, 0.29) is 0 Å². The first-order valence-electron chi connectivity index (χ1n) is 6.71. The van der Waals surface area contributed by atoms with Gasteiger partial charge in [0.25, 0.3) is 0 Å². The van der Waals surface area contributed by atoms with Crippen LogP contribution in [0.5, 0.6) is 0 Å². The molecule has 0 saturated carbocycles. The van der Waals surface area contributed by atoms with Crippen molar-refractivity contribution < 1.29 is 4.79 Å². The molecule has 0 amide bonds. The number of nitrogens with one attached hydrogen (secondary N) is 2. The number of aldehydes is 1. The summed E-state index contributed by atoms with van der Waals surface area (Å²) in [7, 11) is 0. The molecule has 0 spiro atoms. The summed E-state index contributed by atoms with van der Waals surface area (Å²) in [6, 6.07) is 11.4. The summed E-state index contributed by atoms with van der Waals surface area (Å²) in [6.07, 6.45) is 2.69. The molecule has 2 N–H and O–H groups in total. The summed E-state index contributed by atoms with van der Waals surface area (Å²) in [5.41, 5.74) is 4.03. The number of H-pyrrole nitrogens is 2. The fourth-order valence-corrected chi connectivity index (χ4v) is 3.45. The quantitative estimate of drug-likeness (QED) is 0.473. The Labute approximate surface area is 135 Å². The predicted molar refractivity (Wildman–Crippen MR) is 91.0 cm³/mol. The van der Waals surface area contributed by atoms with Gasteiger partial charge in [0.15, 0.2) is 6.29 Å². The second-order valence-electron chi connectivity index (χ2n) is 5.09. The zero-order valence-corrected chi connectivity index (χ0v) is 12.8. The van der Waals surface area contributed by atoms with Crippen LogP contribution < -0.4 is 0 Å². The van der Waals surface area contributed by atoms with Gasteiger partial charge < -0.3 is 9.97 Å². The Morgan fingerprint density at radius 3 is 2.68 bits per heavy atom. The van der Waals surface area contributed by atoms with Crippen LogP contribution in [0.3, 0.4) is 0 Å². The van der Waals surface area contributed by atoms with Crippen molar-refractivity contribution in [2.45, 2.75) is 0 Å². The third kappa shape index (κ3) is 1.86. The molecular weight excluding hydrogens is 319 g/mol. The molecule has 2 heterocycles. The molecule has 0 bridgehead atoms. The summed E-state index contributed by atoms with van der Waals surface area (Å²) in [5, 5.41) is 3.00. The molecule has 0 radical (unpaired) electrons. The lowest BCUT2D eigenvalue weighted by atomic mass is 10.0. The topological polar surface area (TPSA) is 48.6 Å². The van der Waals surface area contributed by atoms with E-state index >= 15 is 0 Å². The average Bonchev–Trinajstić information content (AvgIpc) is 3.07. The number of rotatable bonds is 2. The minimum atomic E-state index is 0.540. The summed E-state index contributed by atoms with van der Waals surface area (Å²) < 4.78 is 0. The Morgan fingerprint density at radius 1 is 1.05 bits per heavy atom. The Kier molecular flexibility index (Phi) is 2.99. The highest BCUT2D eigenvalue weighted by Gasteiger charge is 2.17. The van der Waals surface area contributed by atoms with E-state index in [4.69, 9.17) is 23.2 Å². The standard InChI is InChI=1S/C17H10Cl2N2O/c18-9-5-11-12(7-20-17(11)13(19)6-9)16-10-3-1-2-4-14(10)21-15(16)8-22/h1-8,20-21H. The number of aromatic amines is 2. The third-order valence-electron chi connectivity index (χ3n) is 3.83. The highest BCUT2D eigenvalue weighted by Crippen LogP contribution is 2.39. The molecular formula is C17H10Cl2N2O. The molecule has 2 aromatic heterocycles. The van der Waals surface area contributed by atoms with Gasteiger partial charge in [0.2, 0.25) is 0 Å². The lowest BCUT2D eigenvalue weighted by molar-refractivity contribution is 0.112. The van der Waals surface area contributed by atoms with Crippen molar-refractivity contribution in [2.24, 2.45) is 0 Å². The van der Waals surface area contributed by atoms with Crippen LogP contribution in [0.15, 0.2) is 42.6 Å². The van der Waals surface area contributed by atoms with E-state index in [9.17, 15) is 4.79 Å². The number of para-hydroxylation sites is 1. The Hall–Kier alpha value is -2.23. The fourth-order valence-electron chi connectivity index (χ4n) is 2.90. The summed E-state index contributed by atoms with van der Waals surface area (Å²) in [6.45, 7) is 0. The van der Waals surface area contributed by atoms with E-state index in [0.717, 1.165) is 39.2 Å². The number of fused-ring (bicyclic) bond motifs is 2. The van der Waals surface area contributed by atoms with Gasteiger partial charge >= 0.3 is 0 Å². The van der Waals surface area contributed by atoms with E-state index in [1.807, 2.05) is 36.5 Å². The lowest BCUT2D eigenvalue weighted by Crippen LogP contribution is -1.83. The molecule has 0 atom stereocenters. The van der Waals surface area contributed by atoms with Crippen LogP contribution in [0.4, 0.5) is 0 Å².